The van der Waals surface area contributed by atoms with E-state index in [0.29, 0.717) is 29.4 Å². The fraction of sp³-hybridized carbons (Fsp3) is 0.318. The molecule has 0 radical (unpaired) electrons. The Balaban J connectivity index is 2.00. The topological polar surface area (TPSA) is 90.9 Å². The van der Waals surface area contributed by atoms with Crippen LogP contribution in [0.25, 0.3) is 0 Å². The van der Waals surface area contributed by atoms with Crippen molar-refractivity contribution in [2.45, 2.75) is 33.3 Å². The Morgan fingerprint density at radius 1 is 1.00 bits per heavy atom. The van der Waals surface area contributed by atoms with Gasteiger partial charge in [0.25, 0.3) is 5.91 Å². The van der Waals surface area contributed by atoms with Crippen LogP contribution >= 0.6 is 0 Å². The molecule has 1 amide bonds. The maximum absolute atomic E-state index is 12.4. The fourth-order valence-electron chi connectivity index (χ4n) is 2.44. The van der Waals surface area contributed by atoms with Crippen molar-refractivity contribution in [3.63, 3.8) is 0 Å². The van der Waals surface area contributed by atoms with Gasteiger partial charge in [-0.3, -0.25) is 9.59 Å². The van der Waals surface area contributed by atoms with E-state index in [-0.39, 0.29) is 11.3 Å². The molecule has 0 aliphatic rings. The molecular formula is C22H25NO6. The van der Waals surface area contributed by atoms with E-state index in [9.17, 15) is 14.4 Å². The van der Waals surface area contributed by atoms with E-state index >= 15 is 0 Å². The van der Waals surface area contributed by atoms with Gasteiger partial charge in [-0.2, -0.15) is 0 Å². The highest BCUT2D eigenvalue weighted by Crippen LogP contribution is 2.28. The summed E-state index contributed by atoms with van der Waals surface area (Å²) in [7, 11) is 1.48. The Morgan fingerprint density at radius 2 is 1.66 bits per heavy atom. The summed E-state index contributed by atoms with van der Waals surface area (Å²) in [5.41, 5.74) is 1.29. The summed E-state index contributed by atoms with van der Waals surface area (Å²) in [5, 5.41) is 2.65. The SMILES string of the molecule is CCCOc1ccc(C(=O)O[C@@H](C)C(=O)Nc2ccc(C(C)=O)cc2)cc1OC. The van der Waals surface area contributed by atoms with Crippen molar-refractivity contribution in [3.05, 3.63) is 53.6 Å². The lowest BCUT2D eigenvalue weighted by Crippen LogP contribution is -2.30. The van der Waals surface area contributed by atoms with Crippen LogP contribution < -0.4 is 14.8 Å². The van der Waals surface area contributed by atoms with Gasteiger partial charge in [-0.25, -0.2) is 4.79 Å². The Kier molecular flexibility index (Phi) is 7.77. The van der Waals surface area contributed by atoms with E-state index in [1.807, 2.05) is 6.92 Å². The number of carbonyl (C=O) groups excluding carboxylic acids is 3. The summed E-state index contributed by atoms with van der Waals surface area (Å²) in [6.07, 6.45) is -0.172. The number of anilines is 1. The first-order valence-corrected chi connectivity index (χ1v) is 9.29. The molecule has 0 aliphatic heterocycles. The van der Waals surface area contributed by atoms with Crippen LogP contribution in [0.5, 0.6) is 11.5 Å². The third kappa shape index (κ3) is 6.07. The molecule has 0 aromatic heterocycles. The number of carbonyl (C=O) groups is 3. The predicted octanol–water partition coefficient (Wildman–Crippen LogP) is 3.87. The van der Waals surface area contributed by atoms with Gasteiger partial charge in [-0.15, -0.1) is 0 Å². The third-order valence-corrected chi connectivity index (χ3v) is 4.07. The van der Waals surface area contributed by atoms with Gasteiger partial charge in [-0.1, -0.05) is 6.92 Å². The summed E-state index contributed by atoms with van der Waals surface area (Å²) in [6.45, 7) is 5.47. The molecule has 2 aromatic rings. The molecule has 154 valence electrons. The lowest BCUT2D eigenvalue weighted by molar-refractivity contribution is -0.123. The molecule has 0 spiro atoms. The van der Waals surface area contributed by atoms with Crippen molar-refractivity contribution >= 4 is 23.3 Å². The number of ether oxygens (including phenoxy) is 3. The summed E-state index contributed by atoms with van der Waals surface area (Å²) in [5.74, 6) is -0.253. The molecule has 0 bridgehead atoms. The van der Waals surface area contributed by atoms with E-state index in [2.05, 4.69) is 5.32 Å². The maximum Gasteiger partial charge on any atom is 0.339 e. The van der Waals surface area contributed by atoms with Crippen LogP contribution in [0.3, 0.4) is 0 Å². The Labute approximate surface area is 170 Å². The summed E-state index contributed by atoms with van der Waals surface area (Å²) in [6, 6.07) is 11.2. The summed E-state index contributed by atoms with van der Waals surface area (Å²) >= 11 is 0. The predicted molar refractivity (Wildman–Crippen MR) is 109 cm³/mol. The highest BCUT2D eigenvalue weighted by Gasteiger charge is 2.20. The molecule has 0 saturated heterocycles. The van der Waals surface area contributed by atoms with Gasteiger partial charge < -0.3 is 19.5 Å². The van der Waals surface area contributed by atoms with Gasteiger partial charge in [0.1, 0.15) is 0 Å². The molecular weight excluding hydrogens is 374 g/mol. The molecule has 0 heterocycles. The van der Waals surface area contributed by atoms with Crippen LogP contribution in [0.4, 0.5) is 5.69 Å². The number of nitrogens with one attached hydrogen (secondary N) is 1. The number of ketones is 1. The zero-order valence-corrected chi connectivity index (χ0v) is 17.0. The molecule has 0 saturated carbocycles. The Hall–Kier alpha value is -3.35. The summed E-state index contributed by atoms with van der Waals surface area (Å²) < 4.78 is 16.1. The zero-order chi connectivity index (χ0) is 21.4. The van der Waals surface area contributed by atoms with Crippen molar-refractivity contribution in [1.29, 1.82) is 0 Å². The van der Waals surface area contributed by atoms with E-state index in [0.717, 1.165) is 6.42 Å². The van der Waals surface area contributed by atoms with E-state index in [1.165, 1.54) is 27.0 Å². The van der Waals surface area contributed by atoms with Crippen LogP contribution in [0.15, 0.2) is 42.5 Å². The molecule has 2 rings (SSSR count). The second kappa shape index (κ2) is 10.3. The number of benzene rings is 2. The van der Waals surface area contributed by atoms with Gasteiger partial charge in [-0.05, 0) is 62.7 Å². The number of hydrogen-bond donors (Lipinski definition) is 1. The maximum atomic E-state index is 12.4. The second-order valence-electron chi connectivity index (χ2n) is 6.38. The van der Waals surface area contributed by atoms with Crippen molar-refractivity contribution < 1.29 is 28.6 Å². The molecule has 29 heavy (non-hydrogen) atoms. The largest absolute Gasteiger partial charge is 0.493 e. The average molecular weight is 399 g/mol. The van der Waals surface area contributed by atoms with E-state index < -0.39 is 18.0 Å². The lowest BCUT2D eigenvalue weighted by Gasteiger charge is -2.15. The molecule has 2 aromatic carbocycles. The minimum absolute atomic E-state index is 0.0632. The highest BCUT2D eigenvalue weighted by atomic mass is 16.5. The quantitative estimate of drug-likeness (QED) is 0.508. The van der Waals surface area contributed by atoms with E-state index in [4.69, 9.17) is 14.2 Å². The van der Waals surface area contributed by atoms with Gasteiger partial charge in [0.15, 0.2) is 23.4 Å². The summed E-state index contributed by atoms with van der Waals surface area (Å²) in [4.78, 5) is 36.0. The normalized spacial score (nSPS) is 11.3. The molecule has 7 heteroatoms. The van der Waals surface area contributed by atoms with Crippen molar-refractivity contribution in [1.82, 2.24) is 0 Å². The first-order valence-electron chi connectivity index (χ1n) is 9.29. The molecule has 0 aliphatic carbocycles. The second-order valence-corrected chi connectivity index (χ2v) is 6.38. The van der Waals surface area contributed by atoms with Gasteiger partial charge >= 0.3 is 5.97 Å². The highest BCUT2D eigenvalue weighted by molar-refractivity contribution is 5.98. The van der Waals surface area contributed by atoms with Crippen molar-refractivity contribution in [2.24, 2.45) is 0 Å². The molecule has 0 fully saturated rings. The smallest absolute Gasteiger partial charge is 0.339 e. The standard InChI is InChI=1S/C22H25NO6/c1-5-12-28-19-11-8-17(13-20(19)27-4)22(26)29-15(3)21(25)23-18-9-6-16(7-10-18)14(2)24/h6-11,13,15H,5,12H2,1-4H3,(H,23,25)/t15-/m0/s1. The fourth-order valence-corrected chi connectivity index (χ4v) is 2.44. The minimum atomic E-state index is -1.02. The van der Waals surface area contributed by atoms with Gasteiger partial charge in [0.05, 0.1) is 19.3 Å². The third-order valence-electron chi connectivity index (χ3n) is 4.07. The minimum Gasteiger partial charge on any atom is -0.493 e. The first-order chi connectivity index (χ1) is 13.8. The number of rotatable bonds is 9. The number of amides is 1. The zero-order valence-electron chi connectivity index (χ0n) is 17.0. The van der Waals surface area contributed by atoms with Crippen LogP contribution in [0.2, 0.25) is 0 Å². The number of Topliss-reactive ketones (excluding diaryl/α,β-unsaturated/α-hetero) is 1. The van der Waals surface area contributed by atoms with E-state index in [1.54, 1.807) is 36.4 Å². The molecule has 1 atom stereocenters. The first kappa shape index (κ1) is 21.9. The Morgan fingerprint density at radius 3 is 2.24 bits per heavy atom. The molecule has 7 nitrogen and oxygen atoms in total. The van der Waals surface area contributed by atoms with Crippen LogP contribution in [0.1, 0.15) is 47.9 Å². The van der Waals surface area contributed by atoms with Crippen molar-refractivity contribution in [3.8, 4) is 11.5 Å². The average Bonchev–Trinajstić information content (AvgIpc) is 2.72. The number of esters is 1. The number of hydrogen-bond acceptors (Lipinski definition) is 6. The molecule has 1 N–H and O–H groups in total. The monoisotopic (exact) mass is 399 g/mol. The molecule has 0 unspecified atom stereocenters. The van der Waals surface area contributed by atoms with Gasteiger partial charge in [0.2, 0.25) is 0 Å². The van der Waals surface area contributed by atoms with Crippen LogP contribution in [-0.2, 0) is 9.53 Å². The van der Waals surface area contributed by atoms with Gasteiger partial charge in [0, 0.05) is 11.3 Å². The lowest BCUT2D eigenvalue weighted by atomic mass is 10.1. The number of methoxy groups -OCH3 is 1. The van der Waals surface area contributed by atoms with Crippen LogP contribution in [-0.4, -0.2) is 37.5 Å². The van der Waals surface area contributed by atoms with Crippen LogP contribution in [0, 0.1) is 0 Å². The van der Waals surface area contributed by atoms with Crippen molar-refractivity contribution in [2.75, 3.05) is 19.0 Å². The Bertz CT molecular complexity index is 875.